The fourth-order valence-corrected chi connectivity index (χ4v) is 3.55. The molecule has 3 heterocycles. The first-order chi connectivity index (χ1) is 11.1. The average Bonchev–Trinajstić information content (AvgIpc) is 3.06. The minimum Gasteiger partial charge on any atom is -0.338 e. The zero-order valence-corrected chi connectivity index (χ0v) is 12.8. The number of carbonyl (C=O) groups is 1. The first-order valence-electron chi connectivity index (χ1n) is 7.73. The Hall–Kier alpha value is -2.41. The van der Waals surface area contributed by atoms with Gasteiger partial charge in [0.15, 0.2) is 0 Å². The third kappa shape index (κ3) is 2.11. The number of hydrogen-bond acceptors (Lipinski definition) is 3. The summed E-state index contributed by atoms with van der Waals surface area (Å²) in [6.07, 6.45) is 4.48. The van der Waals surface area contributed by atoms with E-state index >= 15 is 0 Å². The molecule has 1 amide bonds. The minimum atomic E-state index is -0.402. The van der Waals surface area contributed by atoms with Crippen LogP contribution in [0.1, 0.15) is 25.3 Å². The Morgan fingerprint density at radius 1 is 1.39 bits per heavy atom. The van der Waals surface area contributed by atoms with Crippen molar-refractivity contribution in [1.82, 2.24) is 19.9 Å². The summed E-state index contributed by atoms with van der Waals surface area (Å²) >= 11 is 0. The van der Waals surface area contributed by atoms with Crippen molar-refractivity contribution in [3.8, 4) is 0 Å². The molecule has 6 nitrogen and oxygen atoms in total. The molecular weight excluding hydrogens is 297 g/mol. The van der Waals surface area contributed by atoms with E-state index in [9.17, 15) is 9.18 Å². The Bertz CT molecular complexity index is 891. The molecule has 4 rings (SSSR count). The van der Waals surface area contributed by atoms with Gasteiger partial charge >= 0.3 is 0 Å². The van der Waals surface area contributed by atoms with Crippen LogP contribution in [0.4, 0.5) is 10.1 Å². The fourth-order valence-electron chi connectivity index (χ4n) is 3.55. The van der Waals surface area contributed by atoms with Gasteiger partial charge in [-0.25, -0.2) is 8.91 Å². The number of benzene rings is 1. The van der Waals surface area contributed by atoms with Crippen molar-refractivity contribution in [3.63, 3.8) is 0 Å². The van der Waals surface area contributed by atoms with E-state index in [1.54, 1.807) is 4.52 Å². The lowest BCUT2D eigenvalue weighted by Gasteiger charge is -2.33. The molecule has 1 aliphatic rings. The Labute approximate surface area is 132 Å². The van der Waals surface area contributed by atoms with Crippen LogP contribution in [0.15, 0.2) is 18.3 Å². The summed E-state index contributed by atoms with van der Waals surface area (Å²) in [4.78, 5) is 14.1. The van der Waals surface area contributed by atoms with Gasteiger partial charge in [-0.15, -0.1) is 0 Å². The number of halogens is 1. The molecule has 7 heteroatoms. The molecule has 0 bridgehead atoms. The Morgan fingerprint density at radius 3 is 2.91 bits per heavy atom. The Kier molecular flexibility index (Phi) is 3.12. The summed E-state index contributed by atoms with van der Waals surface area (Å²) in [6.45, 7) is 4.18. The lowest BCUT2D eigenvalue weighted by atomic mass is 9.76. The number of aromatic nitrogens is 3. The standard InChI is InChI=1S/C16H18FN5O/c1-16(2-4-18-5-3-16)11-8-20-22-14-12(19-9-23)6-10(17)7-13(14)21-15(11)22/h6-9,18,21H,2-5H2,1H3,(H,19,23). The monoisotopic (exact) mass is 315 g/mol. The minimum absolute atomic E-state index is 0.0324. The quantitative estimate of drug-likeness (QED) is 0.649. The molecule has 0 spiro atoms. The van der Waals surface area contributed by atoms with Crippen molar-refractivity contribution >= 4 is 28.8 Å². The average molecular weight is 315 g/mol. The second-order valence-electron chi connectivity index (χ2n) is 6.37. The highest BCUT2D eigenvalue weighted by Gasteiger charge is 2.32. The summed E-state index contributed by atoms with van der Waals surface area (Å²) in [7, 11) is 0. The number of piperidine rings is 1. The number of aromatic amines is 1. The molecule has 0 unspecified atom stereocenters. The zero-order valence-electron chi connectivity index (χ0n) is 12.8. The van der Waals surface area contributed by atoms with Gasteiger partial charge in [-0.3, -0.25) is 4.79 Å². The van der Waals surface area contributed by atoms with Crippen molar-refractivity contribution < 1.29 is 9.18 Å². The van der Waals surface area contributed by atoms with E-state index in [2.05, 4.69) is 27.6 Å². The van der Waals surface area contributed by atoms with Crippen LogP contribution in [-0.2, 0) is 10.2 Å². The molecule has 1 aromatic carbocycles. The zero-order chi connectivity index (χ0) is 16.0. The predicted molar refractivity (Wildman–Crippen MR) is 86.1 cm³/mol. The van der Waals surface area contributed by atoms with Gasteiger partial charge in [0.25, 0.3) is 0 Å². The summed E-state index contributed by atoms with van der Waals surface area (Å²) in [5, 5.41) is 10.4. The van der Waals surface area contributed by atoms with Gasteiger partial charge in [-0.2, -0.15) is 5.10 Å². The number of imidazole rings is 1. The van der Waals surface area contributed by atoms with Crippen molar-refractivity contribution in [1.29, 1.82) is 0 Å². The molecule has 0 aliphatic carbocycles. The van der Waals surface area contributed by atoms with E-state index in [1.165, 1.54) is 12.1 Å². The lowest BCUT2D eigenvalue weighted by Crippen LogP contribution is -2.37. The van der Waals surface area contributed by atoms with Crippen LogP contribution in [0, 0.1) is 5.82 Å². The van der Waals surface area contributed by atoms with E-state index in [4.69, 9.17) is 0 Å². The number of hydrogen-bond donors (Lipinski definition) is 3. The van der Waals surface area contributed by atoms with Gasteiger partial charge in [-0.1, -0.05) is 6.92 Å². The van der Waals surface area contributed by atoms with Crippen LogP contribution in [-0.4, -0.2) is 34.1 Å². The first kappa shape index (κ1) is 14.2. The third-order valence-electron chi connectivity index (χ3n) is 4.88. The van der Waals surface area contributed by atoms with Gasteiger partial charge in [0.05, 0.1) is 17.4 Å². The predicted octanol–water partition coefficient (Wildman–Crippen LogP) is 2.16. The molecule has 23 heavy (non-hydrogen) atoms. The van der Waals surface area contributed by atoms with Gasteiger partial charge in [0.1, 0.15) is 17.0 Å². The molecule has 3 N–H and O–H groups in total. The van der Waals surface area contributed by atoms with Crippen molar-refractivity contribution in [2.45, 2.75) is 25.2 Å². The van der Waals surface area contributed by atoms with E-state index in [0.29, 0.717) is 23.1 Å². The number of nitrogens with zero attached hydrogens (tertiary/aromatic N) is 2. The lowest BCUT2D eigenvalue weighted by molar-refractivity contribution is -0.105. The van der Waals surface area contributed by atoms with E-state index in [-0.39, 0.29) is 5.41 Å². The highest BCUT2D eigenvalue weighted by molar-refractivity contribution is 5.95. The van der Waals surface area contributed by atoms with E-state index < -0.39 is 5.82 Å². The molecule has 3 aromatic rings. The van der Waals surface area contributed by atoms with Crippen LogP contribution >= 0.6 is 0 Å². The van der Waals surface area contributed by atoms with Crippen LogP contribution < -0.4 is 10.6 Å². The maximum Gasteiger partial charge on any atom is 0.211 e. The number of amides is 1. The normalized spacial score (nSPS) is 17.7. The van der Waals surface area contributed by atoms with E-state index in [1.807, 2.05) is 6.20 Å². The third-order valence-corrected chi connectivity index (χ3v) is 4.88. The molecule has 1 aliphatic heterocycles. The number of rotatable bonds is 3. The molecule has 0 saturated carbocycles. The first-order valence-corrected chi connectivity index (χ1v) is 7.73. The summed E-state index contributed by atoms with van der Waals surface area (Å²) in [5.41, 5.74) is 3.74. The van der Waals surface area contributed by atoms with Crippen LogP contribution in [0.3, 0.4) is 0 Å². The molecule has 1 fully saturated rings. The maximum atomic E-state index is 13.8. The van der Waals surface area contributed by atoms with Crippen LogP contribution in [0.2, 0.25) is 0 Å². The summed E-state index contributed by atoms with van der Waals surface area (Å²) in [6, 6.07) is 2.73. The number of H-pyrrole nitrogens is 1. The Morgan fingerprint density at radius 2 is 2.17 bits per heavy atom. The molecule has 0 atom stereocenters. The SMILES string of the molecule is CC1(c2cnn3c2[nH]c2cc(F)cc(NC=O)c23)CCNCC1. The second-order valence-corrected chi connectivity index (χ2v) is 6.37. The van der Waals surface area contributed by atoms with Crippen molar-refractivity contribution in [2.75, 3.05) is 18.4 Å². The van der Waals surface area contributed by atoms with E-state index in [0.717, 1.165) is 37.1 Å². The molecule has 2 aromatic heterocycles. The van der Waals surface area contributed by atoms with Gasteiger partial charge in [0.2, 0.25) is 6.41 Å². The number of fused-ring (bicyclic) bond motifs is 3. The molecule has 120 valence electrons. The van der Waals surface area contributed by atoms with Crippen molar-refractivity contribution in [3.05, 3.63) is 29.7 Å². The molecule has 1 saturated heterocycles. The number of carbonyl (C=O) groups excluding carboxylic acids is 1. The molecule has 0 radical (unpaired) electrons. The molecular formula is C16H18FN5O. The van der Waals surface area contributed by atoms with Crippen molar-refractivity contribution in [2.24, 2.45) is 0 Å². The number of nitrogens with one attached hydrogen (secondary N) is 3. The van der Waals surface area contributed by atoms with Gasteiger partial charge in [-0.05, 0) is 38.1 Å². The van der Waals surface area contributed by atoms with Gasteiger partial charge < -0.3 is 15.6 Å². The smallest absolute Gasteiger partial charge is 0.211 e. The van der Waals surface area contributed by atoms with Crippen LogP contribution in [0.25, 0.3) is 16.7 Å². The van der Waals surface area contributed by atoms with Gasteiger partial charge in [0, 0.05) is 11.0 Å². The second kappa shape index (κ2) is 5.06. The fraction of sp³-hybridized carbons (Fsp3) is 0.375. The largest absolute Gasteiger partial charge is 0.338 e. The summed E-state index contributed by atoms with van der Waals surface area (Å²) < 4.78 is 15.5. The van der Waals surface area contributed by atoms with Crippen LogP contribution in [0.5, 0.6) is 0 Å². The Balaban J connectivity index is 1.96. The maximum absolute atomic E-state index is 13.8. The highest BCUT2D eigenvalue weighted by Crippen LogP contribution is 2.37. The highest BCUT2D eigenvalue weighted by atomic mass is 19.1. The topological polar surface area (TPSA) is 74.2 Å². The summed E-state index contributed by atoms with van der Waals surface area (Å²) in [5.74, 6) is -0.402. The number of anilines is 1.